The van der Waals surface area contributed by atoms with E-state index in [-0.39, 0.29) is 0 Å². The van der Waals surface area contributed by atoms with Crippen LogP contribution in [-0.2, 0) is 0 Å². The molecule has 0 saturated carbocycles. The van der Waals surface area contributed by atoms with E-state index in [0.29, 0.717) is 6.17 Å². The zero-order valence-corrected chi connectivity index (χ0v) is 24.7. The van der Waals surface area contributed by atoms with E-state index in [9.17, 15) is 0 Å². The molecule has 208 valence electrons. The van der Waals surface area contributed by atoms with Crippen LogP contribution in [0.4, 0.5) is 0 Å². The van der Waals surface area contributed by atoms with Crippen LogP contribution in [0.25, 0.3) is 0 Å². The Morgan fingerprint density at radius 2 is 0.771 bits per heavy atom. The summed E-state index contributed by atoms with van der Waals surface area (Å²) >= 11 is 0. The van der Waals surface area contributed by atoms with E-state index in [1.165, 1.54) is 173 Å². The molecule has 2 heteroatoms. The molecular weight excluding hydrogens is 424 g/mol. The smallest absolute Gasteiger partial charge is 0.100 e. The lowest BCUT2D eigenvalue weighted by molar-refractivity contribution is 0.159. The van der Waals surface area contributed by atoms with Crippen molar-refractivity contribution in [1.29, 1.82) is 0 Å². The van der Waals surface area contributed by atoms with Gasteiger partial charge in [0.05, 0.1) is 0 Å². The predicted molar refractivity (Wildman–Crippen MR) is 159 cm³/mol. The third-order valence-corrected chi connectivity index (χ3v) is 8.18. The molecule has 0 N–H and O–H groups in total. The monoisotopic (exact) mass is 491 g/mol. The molecule has 0 amide bonds. The maximum atomic E-state index is 2.61. The van der Waals surface area contributed by atoms with Gasteiger partial charge in [0.2, 0.25) is 0 Å². The van der Waals surface area contributed by atoms with Gasteiger partial charge in [-0.15, -0.1) is 0 Å². The van der Waals surface area contributed by atoms with Gasteiger partial charge in [-0.2, -0.15) is 0 Å². The summed E-state index contributed by atoms with van der Waals surface area (Å²) in [5.41, 5.74) is 0. The highest BCUT2D eigenvalue weighted by atomic mass is 15.4. The maximum absolute atomic E-state index is 2.61. The lowest BCUT2D eigenvalue weighted by atomic mass is 10.0. The largest absolute Gasteiger partial charge is 0.359 e. The molecule has 1 heterocycles. The molecule has 0 aromatic heterocycles. The molecule has 0 aliphatic carbocycles. The minimum Gasteiger partial charge on any atom is -0.359 e. The summed E-state index contributed by atoms with van der Waals surface area (Å²) in [6.07, 6.45) is 42.7. The number of unbranched alkanes of at least 4 members (excludes halogenated alkanes) is 23. The summed E-state index contributed by atoms with van der Waals surface area (Å²) in [6, 6.07) is 0. The van der Waals surface area contributed by atoms with Gasteiger partial charge in [0.25, 0.3) is 0 Å². The summed E-state index contributed by atoms with van der Waals surface area (Å²) < 4.78 is 0. The van der Waals surface area contributed by atoms with Crippen LogP contribution in [-0.4, -0.2) is 29.6 Å². The first-order valence-electron chi connectivity index (χ1n) is 16.5. The molecule has 0 radical (unpaired) electrons. The average Bonchev–Trinajstić information content (AvgIpc) is 3.21. The highest BCUT2D eigenvalue weighted by Crippen LogP contribution is 2.22. The zero-order valence-electron chi connectivity index (χ0n) is 24.7. The predicted octanol–water partition coefficient (Wildman–Crippen LogP) is 11.2. The SMILES string of the molecule is CCCCCCCCCCCCCCCCCCCC1N(C)C=CN1CCCCCCCCCC. The minimum absolute atomic E-state index is 0.621. The van der Waals surface area contributed by atoms with E-state index in [4.69, 9.17) is 0 Å². The Labute approximate surface area is 222 Å². The van der Waals surface area contributed by atoms with Crippen LogP contribution < -0.4 is 0 Å². The Balaban J connectivity index is 1.86. The van der Waals surface area contributed by atoms with E-state index < -0.39 is 0 Å². The van der Waals surface area contributed by atoms with Crippen molar-refractivity contribution in [1.82, 2.24) is 9.80 Å². The highest BCUT2D eigenvalue weighted by Gasteiger charge is 2.22. The fraction of sp³-hybridized carbons (Fsp3) is 0.939. The Kier molecular flexibility index (Phi) is 23.1. The number of rotatable bonds is 27. The van der Waals surface area contributed by atoms with Crippen LogP contribution in [0, 0.1) is 0 Å². The molecule has 1 atom stereocenters. The molecule has 0 aromatic carbocycles. The molecule has 0 saturated heterocycles. The second-order valence-corrected chi connectivity index (χ2v) is 11.6. The Hall–Kier alpha value is -0.660. The van der Waals surface area contributed by atoms with Crippen molar-refractivity contribution in [3.63, 3.8) is 0 Å². The van der Waals surface area contributed by atoms with Crippen LogP contribution in [0.3, 0.4) is 0 Å². The molecule has 1 aliphatic rings. The molecular formula is C33H66N2. The molecule has 0 bridgehead atoms. The van der Waals surface area contributed by atoms with Crippen LogP contribution in [0.5, 0.6) is 0 Å². The van der Waals surface area contributed by atoms with Crippen molar-refractivity contribution in [2.45, 2.75) is 187 Å². The highest BCUT2D eigenvalue weighted by molar-refractivity contribution is 4.95. The van der Waals surface area contributed by atoms with E-state index in [2.05, 4.69) is 43.1 Å². The van der Waals surface area contributed by atoms with Gasteiger partial charge in [0.15, 0.2) is 0 Å². The van der Waals surface area contributed by atoms with E-state index in [0.717, 1.165) is 0 Å². The summed E-state index contributed by atoms with van der Waals surface area (Å²) in [4.78, 5) is 5.06. The van der Waals surface area contributed by atoms with Crippen LogP contribution in [0.2, 0.25) is 0 Å². The average molecular weight is 491 g/mol. The molecule has 2 nitrogen and oxygen atoms in total. The molecule has 1 rings (SSSR count). The standard InChI is InChI=1S/C33H66N2/c1-4-6-8-10-12-14-15-16-17-18-19-20-21-22-23-25-27-29-33-34(3)31-32-35(33)30-28-26-24-13-11-9-7-5-2/h31-33H,4-30H2,1-3H3. The van der Waals surface area contributed by atoms with Gasteiger partial charge in [-0.1, -0.05) is 162 Å². The summed E-state index contributed by atoms with van der Waals surface area (Å²) in [5.74, 6) is 0. The van der Waals surface area contributed by atoms with Crippen molar-refractivity contribution >= 4 is 0 Å². The van der Waals surface area contributed by atoms with Crippen LogP contribution in [0.1, 0.15) is 181 Å². The Morgan fingerprint density at radius 3 is 1.17 bits per heavy atom. The first-order valence-corrected chi connectivity index (χ1v) is 16.5. The van der Waals surface area contributed by atoms with E-state index >= 15 is 0 Å². The van der Waals surface area contributed by atoms with E-state index in [1.54, 1.807) is 0 Å². The second-order valence-electron chi connectivity index (χ2n) is 11.6. The van der Waals surface area contributed by atoms with Gasteiger partial charge in [-0.25, -0.2) is 0 Å². The summed E-state index contributed by atoms with van der Waals surface area (Å²) in [7, 11) is 2.27. The van der Waals surface area contributed by atoms with Crippen molar-refractivity contribution in [2.24, 2.45) is 0 Å². The van der Waals surface area contributed by atoms with Crippen molar-refractivity contribution in [3.05, 3.63) is 12.4 Å². The van der Waals surface area contributed by atoms with Gasteiger partial charge in [-0.05, 0) is 19.3 Å². The Bertz CT molecular complexity index is 446. The number of hydrogen-bond acceptors (Lipinski definition) is 2. The lowest BCUT2D eigenvalue weighted by Crippen LogP contribution is -2.37. The third kappa shape index (κ3) is 19.2. The summed E-state index contributed by atoms with van der Waals surface area (Å²) in [5, 5.41) is 0. The van der Waals surface area contributed by atoms with Gasteiger partial charge < -0.3 is 9.80 Å². The third-order valence-electron chi connectivity index (χ3n) is 8.18. The molecule has 1 aliphatic heterocycles. The first-order chi connectivity index (χ1) is 17.3. The topological polar surface area (TPSA) is 6.48 Å². The first kappa shape index (κ1) is 32.4. The van der Waals surface area contributed by atoms with Crippen LogP contribution >= 0.6 is 0 Å². The van der Waals surface area contributed by atoms with Crippen molar-refractivity contribution in [2.75, 3.05) is 13.6 Å². The summed E-state index contributed by atoms with van der Waals surface area (Å²) in [6.45, 7) is 5.86. The fourth-order valence-electron chi connectivity index (χ4n) is 5.70. The Morgan fingerprint density at radius 1 is 0.429 bits per heavy atom. The second kappa shape index (κ2) is 25.0. The van der Waals surface area contributed by atoms with Crippen molar-refractivity contribution < 1.29 is 0 Å². The quantitative estimate of drug-likeness (QED) is 0.106. The van der Waals surface area contributed by atoms with Gasteiger partial charge in [-0.3, -0.25) is 0 Å². The number of nitrogens with zero attached hydrogens (tertiary/aromatic N) is 2. The normalized spacial score (nSPS) is 15.6. The molecule has 1 unspecified atom stereocenters. The molecule has 0 spiro atoms. The fourth-order valence-corrected chi connectivity index (χ4v) is 5.70. The molecule has 0 fully saturated rings. The van der Waals surface area contributed by atoms with Gasteiger partial charge in [0.1, 0.15) is 6.17 Å². The number of hydrogen-bond donors (Lipinski definition) is 0. The van der Waals surface area contributed by atoms with Gasteiger partial charge in [0, 0.05) is 26.0 Å². The lowest BCUT2D eigenvalue weighted by Gasteiger charge is -2.30. The molecule has 35 heavy (non-hydrogen) atoms. The minimum atomic E-state index is 0.621. The van der Waals surface area contributed by atoms with Crippen LogP contribution in [0.15, 0.2) is 12.4 Å². The van der Waals surface area contributed by atoms with Crippen molar-refractivity contribution in [3.8, 4) is 0 Å². The molecule has 0 aromatic rings. The maximum Gasteiger partial charge on any atom is 0.100 e. The zero-order chi connectivity index (χ0) is 25.2. The van der Waals surface area contributed by atoms with Gasteiger partial charge >= 0.3 is 0 Å². The van der Waals surface area contributed by atoms with E-state index in [1.807, 2.05) is 0 Å².